The van der Waals surface area contributed by atoms with Crippen molar-refractivity contribution >= 4 is 17.9 Å². The van der Waals surface area contributed by atoms with Crippen molar-refractivity contribution in [1.29, 1.82) is 0 Å². The van der Waals surface area contributed by atoms with Crippen LogP contribution in [0, 0.1) is 19.8 Å². The number of hydrogen-bond donors (Lipinski definition) is 2. The summed E-state index contributed by atoms with van der Waals surface area (Å²) in [4.78, 5) is 20.7. The van der Waals surface area contributed by atoms with Crippen LogP contribution in [-0.2, 0) is 4.74 Å². The first-order chi connectivity index (χ1) is 13.3. The summed E-state index contributed by atoms with van der Waals surface area (Å²) in [5.74, 6) is 2.51. The molecule has 152 valence electrons. The number of rotatable bonds is 9. The third kappa shape index (κ3) is 5.53. The normalized spacial score (nSPS) is 15.0. The zero-order valence-corrected chi connectivity index (χ0v) is 18.1. The summed E-state index contributed by atoms with van der Waals surface area (Å²) in [5, 5.41) is 1.15. The van der Waals surface area contributed by atoms with E-state index >= 15 is 0 Å². The Bertz CT molecular complexity index is 807. The molecule has 0 radical (unpaired) electrons. The van der Waals surface area contributed by atoms with Gasteiger partial charge in [0, 0.05) is 10.8 Å². The molecular formula is C22H31N3O2S. The molecule has 1 aromatic carbocycles. The van der Waals surface area contributed by atoms with Crippen molar-refractivity contribution in [2.24, 2.45) is 11.7 Å². The number of aryl methyl sites for hydroxylation is 2. The minimum atomic E-state index is -0.699. The van der Waals surface area contributed by atoms with Gasteiger partial charge in [0.05, 0.1) is 12.3 Å². The number of primary amides is 1. The number of nitrogens with two attached hydrogens (primary N) is 1. The Balaban J connectivity index is 1.79. The molecule has 1 fully saturated rings. The van der Waals surface area contributed by atoms with Crippen LogP contribution in [0.25, 0.3) is 0 Å². The number of aromatic nitrogens is 2. The molecule has 1 saturated carbocycles. The summed E-state index contributed by atoms with van der Waals surface area (Å²) in [6, 6.07) is 6.65. The number of nitrogens with one attached hydrogen (secondary N) is 1. The van der Waals surface area contributed by atoms with Crippen molar-refractivity contribution in [1.82, 2.24) is 9.97 Å². The highest BCUT2D eigenvalue weighted by molar-refractivity contribution is 7.99. The number of amides is 1. The van der Waals surface area contributed by atoms with E-state index < -0.39 is 6.09 Å². The summed E-state index contributed by atoms with van der Waals surface area (Å²) >= 11 is 1.77. The molecule has 28 heavy (non-hydrogen) atoms. The second-order valence-electron chi connectivity index (χ2n) is 8.17. The Hall–Kier alpha value is -1.95. The van der Waals surface area contributed by atoms with Crippen LogP contribution in [0.15, 0.2) is 28.1 Å². The van der Waals surface area contributed by atoms with E-state index in [0.29, 0.717) is 24.4 Å². The Morgan fingerprint density at radius 1 is 1.29 bits per heavy atom. The lowest BCUT2D eigenvalue weighted by Gasteiger charge is -2.13. The zero-order valence-electron chi connectivity index (χ0n) is 17.2. The lowest BCUT2D eigenvalue weighted by molar-refractivity contribution is 0.153. The van der Waals surface area contributed by atoms with E-state index in [1.807, 2.05) is 0 Å². The number of carbonyl (C=O) groups is 1. The molecular weight excluding hydrogens is 370 g/mol. The molecule has 0 saturated heterocycles. The number of ether oxygens (including phenoxy) is 1. The molecule has 3 N–H and O–H groups in total. The van der Waals surface area contributed by atoms with Crippen molar-refractivity contribution in [2.45, 2.75) is 75.1 Å². The van der Waals surface area contributed by atoms with E-state index in [-0.39, 0.29) is 0 Å². The van der Waals surface area contributed by atoms with E-state index in [9.17, 15) is 4.79 Å². The van der Waals surface area contributed by atoms with E-state index in [0.717, 1.165) is 29.4 Å². The van der Waals surface area contributed by atoms with Gasteiger partial charge in [-0.25, -0.2) is 9.78 Å². The first-order valence-electron chi connectivity index (χ1n) is 10.1. The van der Waals surface area contributed by atoms with Gasteiger partial charge in [-0.2, -0.15) is 0 Å². The smallest absolute Gasteiger partial charge is 0.404 e. The van der Waals surface area contributed by atoms with Gasteiger partial charge in [0.25, 0.3) is 0 Å². The number of aromatic amines is 1. The summed E-state index contributed by atoms with van der Waals surface area (Å²) in [7, 11) is 0. The van der Waals surface area contributed by atoms with Crippen molar-refractivity contribution < 1.29 is 9.53 Å². The first kappa shape index (κ1) is 20.8. The molecule has 0 bridgehead atoms. The lowest BCUT2D eigenvalue weighted by Crippen LogP contribution is -2.14. The van der Waals surface area contributed by atoms with E-state index in [1.54, 1.807) is 11.8 Å². The fraction of sp³-hybridized carbons (Fsp3) is 0.545. The number of imidazole rings is 1. The van der Waals surface area contributed by atoms with Crippen molar-refractivity contribution in [3.8, 4) is 0 Å². The molecule has 1 heterocycles. The molecule has 2 aromatic rings. The van der Waals surface area contributed by atoms with Crippen LogP contribution >= 0.6 is 11.8 Å². The van der Waals surface area contributed by atoms with Crippen LogP contribution in [-0.4, -0.2) is 22.7 Å². The summed E-state index contributed by atoms with van der Waals surface area (Å²) in [5.41, 5.74) is 8.75. The second-order valence-corrected chi connectivity index (χ2v) is 9.25. The van der Waals surface area contributed by atoms with Crippen LogP contribution < -0.4 is 5.73 Å². The molecule has 3 rings (SSSR count). The topological polar surface area (TPSA) is 81.0 Å². The first-order valence-corrected chi connectivity index (χ1v) is 10.9. The standard InChI is InChI=1S/C22H31N3O2S/c1-13(2)19-21(28-17-11-14(3)10-15(4)12-17)25-20(24-19)18(16-7-8-16)6-5-9-27-22(23)26/h10-13,16,18H,5-9H2,1-4H3,(H2,23,26)(H,24,25). The maximum absolute atomic E-state index is 10.8. The van der Waals surface area contributed by atoms with Crippen LogP contribution in [0.5, 0.6) is 0 Å². The van der Waals surface area contributed by atoms with E-state index in [2.05, 4.69) is 50.9 Å². The number of hydrogen-bond acceptors (Lipinski definition) is 4. The minimum absolute atomic E-state index is 0.358. The van der Waals surface area contributed by atoms with Crippen LogP contribution in [0.2, 0.25) is 0 Å². The van der Waals surface area contributed by atoms with Gasteiger partial charge in [-0.3, -0.25) is 0 Å². The van der Waals surface area contributed by atoms with Gasteiger partial charge in [0.15, 0.2) is 0 Å². The average molecular weight is 402 g/mol. The molecule has 1 aromatic heterocycles. The molecule has 6 heteroatoms. The molecule has 1 atom stereocenters. The second kappa shape index (κ2) is 9.03. The molecule has 1 aliphatic carbocycles. The maximum Gasteiger partial charge on any atom is 0.404 e. The van der Waals surface area contributed by atoms with Crippen LogP contribution in [0.3, 0.4) is 0 Å². The van der Waals surface area contributed by atoms with Crippen molar-refractivity contribution in [3.63, 3.8) is 0 Å². The molecule has 1 amide bonds. The predicted octanol–water partition coefficient (Wildman–Crippen LogP) is 5.67. The summed E-state index contributed by atoms with van der Waals surface area (Å²) < 4.78 is 4.90. The summed E-state index contributed by atoms with van der Waals surface area (Å²) in [6.45, 7) is 9.03. The number of H-pyrrole nitrogens is 1. The van der Waals surface area contributed by atoms with E-state index in [4.69, 9.17) is 15.5 Å². The fourth-order valence-electron chi connectivity index (χ4n) is 3.71. The predicted molar refractivity (Wildman–Crippen MR) is 113 cm³/mol. The molecule has 5 nitrogen and oxygen atoms in total. The number of carbonyl (C=O) groups excluding carboxylic acids is 1. The van der Waals surface area contributed by atoms with Gasteiger partial charge in [-0.15, -0.1) is 0 Å². The third-order valence-corrected chi connectivity index (χ3v) is 6.11. The van der Waals surface area contributed by atoms with E-state index in [1.165, 1.54) is 28.9 Å². The Labute approximate surface area is 171 Å². The SMILES string of the molecule is Cc1cc(C)cc(Sc2[nH]c(C(CCCOC(N)=O)C3CC3)nc2C(C)C)c1. The van der Waals surface area contributed by atoms with Crippen molar-refractivity contribution in [2.75, 3.05) is 6.61 Å². The van der Waals surface area contributed by atoms with Gasteiger partial charge in [-0.1, -0.05) is 31.7 Å². The third-order valence-electron chi connectivity index (χ3n) is 5.12. The molecule has 0 spiro atoms. The highest BCUT2D eigenvalue weighted by atomic mass is 32.2. The van der Waals surface area contributed by atoms with Gasteiger partial charge >= 0.3 is 6.09 Å². The summed E-state index contributed by atoms with van der Waals surface area (Å²) in [6.07, 6.45) is 3.56. The Kier molecular flexibility index (Phi) is 6.70. The maximum atomic E-state index is 10.8. The van der Waals surface area contributed by atoms with Crippen molar-refractivity contribution in [3.05, 3.63) is 40.8 Å². The van der Waals surface area contributed by atoms with Crippen LogP contribution in [0.4, 0.5) is 4.79 Å². The minimum Gasteiger partial charge on any atom is -0.450 e. The molecule has 0 aliphatic heterocycles. The Morgan fingerprint density at radius 3 is 2.54 bits per heavy atom. The van der Waals surface area contributed by atoms with Gasteiger partial charge in [0.1, 0.15) is 10.9 Å². The number of nitrogens with zero attached hydrogens (tertiary/aromatic N) is 1. The number of benzene rings is 1. The van der Waals surface area contributed by atoms with Gasteiger partial charge < -0.3 is 15.5 Å². The quantitative estimate of drug-likeness (QED) is 0.530. The lowest BCUT2D eigenvalue weighted by atomic mass is 9.97. The average Bonchev–Trinajstić information content (AvgIpc) is 3.34. The van der Waals surface area contributed by atoms with Gasteiger partial charge in [-0.05, 0) is 74.6 Å². The van der Waals surface area contributed by atoms with Gasteiger partial charge in [0.2, 0.25) is 0 Å². The largest absolute Gasteiger partial charge is 0.450 e. The van der Waals surface area contributed by atoms with Crippen LogP contribution in [0.1, 0.15) is 74.0 Å². The molecule has 1 unspecified atom stereocenters. The molecule has 1 aliphatic rings. The highest BCUT2D eigenvalue weighted by Crippen LogP contribution is 2.45. The zero-order chi connectivity index (χ0) is 20.3. The monoisotopic (exact) mass is 401 g/mol. The highest BCUT2D eigenvalue weighted by Gasteiger charge is 2.34. The fourth-order valence-corrected chi connectivity index (χ4v) is 4.98. The Morgan fingerprint density at radius 2 is 1.96 bits per heavy atom.